The van der Waals surface area contributed by atoms with E-state index in [1.807, 2.05) is 4.98 Å². The molecule has 0 atom stereocenters. The van der Waals surface area contributed by atoms with Gasteiger partial charge in [0.05, 0.1) is 11.1 Å². The highest BCUT2D eigenvalue weighted by Crippen LogP contribution is 2.37. The highest BCUT2D eigenvalue weighted by Gasteiger charge is 2.31. The summed E-state index contributed by atoms with van der Waals surface area (Å²) < 4.78 is 1.27. The third kappa shape index (κ3) is 3.61. The van der Waals surface area contributed by atoms with Crippen LogP contribution in [0.1, 0.15) is 38.5 Å². The molecule has 0 unspecified atom stereocenters. The quantitative estimate of drug-likeness (QED) is 0.385. The number of aromatic amines is 1. The number of nitrogens with zero attached hydrogens (tertiary/aromatic N) is 2. The topological polar surface area (TPSA) is 98.0 Å². The molecule has 1 N–H and O–H groups in total. The Morgan fingerprint density at radius 3 is 2.43 bits per heavy atom. The molecule has 7 nitrogen and oxygen atoms in total. The van der Waals surface area contributed by atoms with E-state index in [1.54, 1.807) is 0 Å². The number of aromatic nitrogens is 2. The molecule has 8 heteroatoms. The van der Waals surface area contributed by atoms with Gasteiger partial charge in [0.15, 0.2) is 0 Å². The van der Waals surface area contributed by atoms with Crippen LogP contribution >= 0.6 is 15.9 Å². The van der Waals surface area contributed by atoms with Crippen LogP contribution in [0, 0.1) is 15.5 Å². The maximum atomic E-state index is 11.9. The lowest BCUT2D eigenvalue weighted by Gasteiger charge is -2.31. The highest BCUT2D eigenvalue weighted by molar-refractivity contribution is 9.09. The van der Waals surface area contributed by atoms with E-state index in [2.05, 4.69) is 15.9 Å². The van der Waals surface area contributed by atoms with E-state index in [9.17, 15) is 19.7 Å². The van der Waals surface area contributed by atoms with Crippen molar-refractivity contribution >= 4 is 21.6 Å². The molecule has 0 radical (unpaired) electrons. The van der Waals surface area contributed by atoms with Crippen molar-refractivity contribution in [2.45, 2.75) is 45.1 Å². The summed E-state index contributed by atoms with van der Waals surface area (Å²) >= 11 is 3.53. The summed E-state index contributed by atoms with van der Waals surface area (Å²) in [5.74, 6) is 0. The van der Waals surface area contributed by atoms with Crippen molar-refractivity contribution in [2.75, 3.05) is 5.33 Å². The summed E-state index contributed by atoms with van der Waals surface area (Å²) in [6.45, 7) is 0.384. The van der Waals surface area contributed by atoms with Gasteiger partial charge < -0.3 is 0 Å². The number of hydrogen-bond acceptors (Lipinski definition) is 4. The predicted octanol–water partition coefficient (Wildman–Crippen LogP) is 2.18. The molecule has 1 aliphatic carbocycles. The summed E-state index contributed by atoms with van der Waals surface area (Å²) in [6, 6.07) is 0. The largest absolute Gasteiger partial charge is 0.350 e. The fourth-order valence-corrected chi connectivity index (χ4v) is 3.66. The number of nitro groups is 1. The second-order valence-corrected chi connectivity index (χ2v) is 6.27. The number of hydrogen-bond donors (Lipinski definition) is 1. The molecular weight excluding hydrogens is 342 g/mol. The van der Waals surface area contributed by atoms with Crippen molar-refractivity contribution in [3.8, 4) is 0 Å². The van der Waals surface area contributed by atoms with Crippen LogP contribution in [0.2, 0.25) is 0 Å². The van der Waals surface area contributed by atoms with E-state index in [0.717, 1.165) is 37.2 Å². The monoisotopic (exact) mass is 359 g/mol. The summed E-state index contributed by atoms with van der Waals surface area (Å²) in [5, 5.41) is 11.6. The average molecular weight is 360 g/mol. The fraction of sp³-hybridized carbons (Fsp3) is 0.692. The van der Waals surface area contributed by atoms with Gasteiger partial charge in [-0.2, -0.15) is 0 Å². The van der Waals surface area contributed by atoms with Crippen molar-refractivity contribution in [3.63, 3.8) is 0 Å². The normalized spacial score (nSPS) is 18.1. The smallest absolute Gasteiger partial charge is 0.293 e. The minimum absolute atomic E-state index is 0.0908. The molecule has 1 aromatic heterocycles. The van der Waals surface area contributed by atoms with Gasteiger partial charge >= 0.3 is 16.9 Å². The van der Waals surface area contributed by atoms with Gasteiger partial charge in [0, 0.05) is 11.9 Å². The molecule has 0 saturated heterocycles. The zero-order valence-electron chi connectivity index (χ0n) is 11.6. The summed E-state index contributed by atoms with van der Waals surface area (Å²) in [4.78, 5) is 35.4. The molecule has 0 aliphatic heterocycles. The van der Waals surface area contributed by atoms with E-state index in [0.29, 0.717) is 6.54 Å². The van der Waals surface area contributed by atoms with Crippen LogP contribution in [0.3, 0.4) is 0 Å². The molecule has 1 aromatic rings. The summed E-state index contributed by atoms with van der Waals surface area (Å²) in [6.07, 6.45) is 7.54. The van der Waals surface area contributed by atoms with E-state index in [1.165, 1.54) is 17.4 Å². The molecular formula is C13H18BrN3O4. The Hall–Kier alpha value is -1.44. The summed E-state index contributed by atoms with van der Waals surface area (Å²) in [7, 11) is 0. The zero-order valence-corrected chi connectivity index (χ0v) is 13.2. The second-order valence-electron chi connectivity index (χ2n) is 5.71. The van der Waals surface area contributed by atoms with E-state index < -0.39 is 21.9 Å². The van der Waals surface area contributed by atoms with Crippen molar-refractivity contribution in [2.24, 2.45) is 5.41 Å². The standard InChI is InChI=1S/C13H18BrN3O4/c14-8-13(5-3-1-2-4-6-13)9-16-7-10(17(20)21)11(18)15-12(16)19/h7H,1-6,8-9H2,(H,15,18,19). The first-order valence-corrected chi connectivity index (χ1v) is 8.14. The van der Waals surface area contributed by atoms with Crippen LogP contribution in [0.25, 0.3) is 0 Å². The number of halogens is 1. The van der Waals surface area contributed by atoms with Crippen molar-refractivity contribution in [1.29, 1.82) is 0 Å². The minimum atomic E-state index is -0.949. The third-order valence-electron chi connectivity index (χ3n) is 4.14. The molecule has 116 valence electrons. The summed E-state index contributed by atoms with van der Waals surface area (Å²) in [5.41, 5.74) is -2.22. The van der Waals surface area contributed by atoms with Crippen LogP contribution in [-0.2, 0) is 6.54 Å². The highest BCUT2D eigenvalue weighted by atomic mass is 79.9. The third-order valence-corrected chi connectivity index (χ3v) is 5.33. The Morgan fingerprint density at radius 2 is 1.90 bits per heavy atom. The van der Waals surface area contributed by atoms with E-state index in [-0.39, 0.29) is 5.41 Å². The van der Waals surface area contributed by atoms with Gasteiger partial charge in [-0.1, -0.05) is 41.6 Å². The molecule has 0 aromatic carbocycles. The molecule has 1 heterocycles. The van der Waals surface area contributed by atoms with Gasteiger partial charge in [0.1, 0.15) is 0 Å². The maximum Gasteiger partial charge on any atom is 0.350 e. The SMILES string of the molecule is O=c1[nH]c(=O)n(CC2(CBr)CCCCCC2)cc1[N+](=O)[O-]. The van der Waals surface area contributed by atoms with Crippen LogP contribution in [-0.4, -0.2) is 19.8 Å². The lowest BCUT2D eigenvalue weighted by Crippen LogP contribution is -2.37. The van der Waals surface area contributed by atoms with Crippen LogP contribution in [0.4, 0.5) is 5.69 Å². The van der Waals surface area contributed by atoms with Crippen molar-refractivity contribution in [1.82, 2.24) is 9.55 Å². The predicted molar refractivity (Wildman–Crippen MR) is 81.9 cm³/mol. The zero-order chi connectivity index (χ0) is 15.5. The van der Waals surface area contributed by atoms with Gasteiger partial charge in [0.2, 0.25) is 0 Å². The fourth-order valence-electron chi connectivity index (χ4n) is 2.92. The average Bonchev–Trinajstić information content (AvgIpc) is 2.67. The number of H-pyrrole nitrogens is 1. The molecule has 0 bridgehead atoms. The molecule has 1 fully saturated rings. The Morgan fingerprint density at radius 1 is 1.29 bits per heavy atom. The van der Waals surface area contributed by atoms with Crippen LogP contribution in [0.5, 0.6) is 0 Å². The first-order chi connectivity index (χ1) is 9.97. The lowest BCUT2D eigenvalue weighted by atomic mass is 9.82. The Kier molecular flexibility index (Phi) is 4.97. The first-order valence-electron chi connectivity index (χ1n) is 7.02. The molecule has 0 amide bonds. The first kappa shape index (κ1) is 15.9. The Labute approximate surface area is 129 Å². The Balaban J connectivity index is 2.37. The van der Waals surface area contributed by atoms with Gasteiger partial charge in [-0.05, 0) is 18.3 Å². The van der Waals surface area contributed by atoms with E-state index >= 15 is 0 Å². The molecule has 2 rings (SSSR count). The number of rotatable bonds is 4. The van der Waals surface area contributed by atoms with E-state index in [4.69, 9.17) is 0 Å². The minimum Gasteiger partial charge on any atom is -0.293 e. The molecule has 0 spiro atoms. The van der Waals surface area contributed by atoms with Crippen LogP contribution in [0.15, 0.2) is 15.8 Å². The van der Waals surface area contributed by atoms with Crippen LogP contribution < -0.4 is 11.2 Å². The Bertz CT molecular complexity index is 629. The van der Waals surface area contributed by atoms with Gasteiger partial charge in [-0.15, -0.1) is 0 Å². The molecule has 1 saturated carbocycles. The number of alkyl halides is 1. The number of nitrogens with one attached hydrogen (secondary N) is 1. The lowest BCUT2D eigenvalue weighted by molar-refractivity contribution is -0.386. The maximum absolute atomic E-state index is 11.9. The molecule has 21 heavy (non-hydrogen) atoms. The molecule has 1 aliphatic rings. The van der Waals surface area contributed by atoms with Crippen molar-refractivity contribution < 1.29 is 4.92 Å². The van der Waals surface area contributed by atoms with Crippen molar-refractivity contribution in [3.05, 3.63) is 37.1 Å². The second kappa shape index (κ2) is 6.55. The van der Waals surface area contributed by atoms with Gasteiger partial charge in [-0.3, -0.25) is 24.5 Å². The van der Waals surface area contributed by atoms with Gasteiger partial charge in [-0.25, -0.2) is 4.79 Å². The van der Waals surface area contributed by atoms with Gasteiger partial charge in [0.25, 0.3) is 0 Å².